The molecule has 0 aromatic rings. The number of allylic oxidation sites excluding steroid dienone is 3. The Bertz CT molecular complexity index is 206. The minimum Gasteiger partial charge on any atom is -0.481 e. The third-order valence-electron chi connectivity index (χ3n) is 1.32. The summed E-state index contributed by atoms with van der Waals surface area (Å²) in [4.78, 5) is 11.3. The molecule has 0 fully saturated rings. The van der Waals surface area contributed by atoms with Crippen LogP contribution >= 0.6 is 11.8 Å². The lowest BCUT2D eigenvalue weighted by atomic mass is 10.2. The third kappa shape index (κ3) is 3.28. The van der Waals surface area contributed by atoms with Crippen molar-refractivity contribution in [3.05, 3.63) is 23.1 Å². The van der Waals surface area contributed by atoms with Crippen molar-refractivity contribution in [3.63, 3.8) is 0 Å². The summed E-state index contributed by atoms with van der Waals surface area (Å²) in [6.45, 7) is 0. The lowest BCUT2D eigenvalue weighted by molar-refractivity contribution is -0.133. The highest BCUT2D eigenvalue weighted by Crippen LogP contribution is 2.21. The van der Waals surface area contributed by atoms with E-state index in [9.17, 15) is 4.79 Å². The van der Waals surface area contributed by atoms with Gasteiger partial charge in [0.2, 0.25) is 0 Å². The first-order chi connectivity index (χ1) is 5.29. The molecule has 0 amide bonds. The van der Waals surface area contributed by atoms with Gasteiger partial charge in [-0.15, -0.1) is 11.8 Å². The molecule has 1 aliphatic rings. The molecule has 0 spiro atoms. The number of carboxylic acid groups (broad SMARTS) is 1. The monoisotopic (exact) mass is 170 g/mol. The van der Waals surface area contributed by atoms with Crippen LogP contribution < -0.4 is 0 Å². The van der Waals surface area contributed by atoms with Gasteiger partial charge in [0.1, 0.15) is 0 Å². The minimum absolute atomic E-state index is 0.163. The zero-order chi connectivity index (χ0) is 8.10. The van der Waals surface area contributed by atoms with Crippen molar-refractivity contribution >= 4 is 17.7 Å². The summed E-state index contributed by atoms with van der Waals surface area (Å²) < 4.78 is 0. The van der Waals surface area contributed by atoms with Crippen LogP contribution in [-0.4, -0.2) is 16.8 Å². The van der Waals surface area contributed by atoms with E-state index in [-0.39, 0.29) is 5.75 Å². The van der Waals surface area contributed by atoms with Crippen molar-refractivity contribution in [2.75, 3.05) is 5.75 Å². The van der Waals surface area contributed by atoms with Crippen LogP contribution in [-0.2, 0) is 4.79 Å². The fraction of sp³-hybridized carbons (Fsp3) is 0.375. The Balaban J connectivity index is 2.31. The van der Waals surface area contributed by atoms with Crippen LogP contribution in [0.15, 0.2) is 23.1 Å². The summed E-state index contributed by atoms with van der Waals surface area (Å²) in [7, 11) is 0. The molecule has 0 saturated heterocycles. The van der Waals surface area contributed by atoms with Crippen LogP contribution in [0, 0.1) is 0 Å². The number of carbonyl (C=O) groups is 1. The second kappa shape index (κ2) is 4.23. The fourth-order valence-electron chi connectivity index (χ4n) is 0.841. The molecule has 60 valence electrons. The molecule has 3 heteroatoms. The topological polar surface area (TPSA) is 37.3 Å². The van der Waals surface area contributed by atoms with Gasteiger partial charge in [0.15, 0.2) is 0 Å². The summed E-state index contributed by atoms with van der Waals surface area (Å²) in [6, 6.07) is 0. The number of hydrogen-bond acceptors (Lipinski definition) is 2. The van der Waals surface area contributed by atoms with E-state index in [0.717, 1.165) is 17.7 Å². The molecule has 0 aromatic carbocycles. The van der Waals surface area contributed by atoms with E-state index in [2.05, 4.69) is 12.2 Å². The van der Waals surface area contributed by atoms with E-state index in [1.165, 1.54) is 11.8 Å². The van der Waals surface area contributed by atoms with Crippen molar-refractivity contribution in [1.29, 1.82) is 0 Å². The number of hydrogen-bond donors (Lipinski definition) is 1. The molecule has 1 aliphatic carbocycles. The molecular weight excluding hydrogens is 160 g/mol. The maximum absolute atomic E-state index is 10.2. The van der Waals surface area contributed by atoms with Crippen LogP contribution in [0.3, 0.4) is 0 Å². The number of rotatable bonds is 3. The summed E-state index contributed by atoms with van der Waals surface area (Å²) in [5.74, 6) is -0.592. The minimum atomic E-state index is -0.755. The van der Waals surface area contributed by atoms with Gasteiger partial charge in [-0.3, -0.25) is 4.79 Å². The molecule has 0 atom stereocenters. The van der Waals surface area contributed by atoms with Crippen molar-refractivity contribution in [2.24, 2.45) is 0 Å². The van der Waals surface area contributed by atoms with Crippen molar-refractivity contribution in [2.45, 2.75) is 12.8 Å². The SMILES string of the molecule is O=C(O)CSC1=CCCC=C1. The molecule has 2 nitrogen and oxygen atoms in total. The van der Waals surface area contributed by atoms with Gasteiger partial charge in [-0.25, -0.2) is 0 Å². The van der Waals surface area contributed by atoms with Crippen molar-refractivity contribution < 1.29 is 9.90 Å². The van der Waals surface area contributed by atoms with Crippen LogP contribution in [0.4, 0.5) is 0 Å². The van der Waals surface area contributed by atoms with E-state index < -0.39 is 5.97 Å². The highest BCUT2D eigenvalue weighted by Gasteiger charge is 2.01. The normalized spacial score (nSPS) is 16.2. The molecule has 0 unspecified atom stereocenters. The van der Waals surface area contributed by atoms with Gasteiger partial charge >= 0.3 is 5.97 Å². The predicted octanol–water partition coefficient (Wildman–Crippen LogP) is 2.04. The van der Waals surface area contributed by atoms with Gasteiger partial charge in [0.05, 0.1) is 5.75 Å². The number of thioether (sulfide) groups is 1. The van der Waals surface area contributed by atoms with Gasteiger partial charge < -0.3 is 5.11 Å². The zero-order valence-electron chi connectivity index (χ0n) is 6.12. The zero-order valence-corrected chi connectivity index (χ0v) is 6.93. The van der Waals surface area contributed by atoms with Crippen molar-refractivity contribution in [3.8, 4) is 0 Å². The van der Waals surface area contributed by atoms with Crippen LogP contribution in [0.25, 0.3) is 0 Å². The fourth-order valence-corrected chi connectivity index (χ4v) is 1.56. The molecule has 1 N–H and O–H groups in total. The Morgan fingerprint density at radius 3 is 3.00 bits per heavy atom. The first-order valence-corrected chi connectivity index (χ1v) is 4.49. The lowest BCUT2D eigenvalue weighted by Gasteiger charge is -2.03. The van der Waals surface area contributed by atoms with E-state index in [1.807, 2.05) is 6.08 Å². The predicted molar refractivity (Wildman–Crippen MR) is 46.6 cm³/mol. The Morgan fingerprint density at radius 2 is 2.45 bits per heavy atom. The summed E-state index contributed by atoms with van der Waals surface area (Å²) in [5.41, 5.74) is 0. The maximum atomic E-state index is 10.2. The van der Waals surface area contributed by atoms with Crippen LogP contribution in [0.2, 0.25) is 0 Å². The standard InChI is InChI=1S/C8H10O2S/c9-8(10)6-11-7-4-2-1-3-5-7/h2,4-5H,1,3,6H2,(H,9,10). The van der Waals surface area contributed by atoms with Gasteiger partial charge in [-0.05, 0) is 12.8 Å². The lowest BCUT2D eigenvalue weighted by Crippen LogP contribution is -1.97. The largest absolute Gasteiger partial charge is 0.481 e. The average Bonchev–Trinajstić information content (AvgIpc) is 2.03. The Kier molecular flexibility index (Phi) is 3.23. The van der Waals surface area contributed by atoms with Gasteiger partial charge in [0.25, 0.3) is 0 Å². The number of carboxylic acids is 1. The molecule has 0 saturated carbocycles. The molecule has 0 radical (unpaired) electrons. The Hall–Kier alpha value is -0.700. The summed E-state index contributed by atoms with van der Waals surface area (Å²) in [5, 5.41) is 8.37. The van der Waals surface area contributed by atoms with Crippen molar-refractivity contribution in [1.82, 2.24) is 0 Å². The van der Waals surface area contributed by atoms with Crippen LogP contribution in [0.1, 0.15) is 12.8 Å². The first-order valence-electron chi connectivity index (χ1n) is 3.50. The molecule has 0 aromatic heterocycles. The smallest absolute Gasteiger partial charge is 0.313 e. The molecule has 11 heavy (non-hydrogen) atoms. The second-order valence-corrected chi connectivity index (χ2v) is 3.32. The highest BCUT2D eigenvalue weighted by atomic mass is 32.2. The molecule has 0 bridgehead atoms. The quantitative estimate of drug-likeness (QED) is 0.704. The van der Waals surface area contributed by atoms with E-state index in [1.54, 1.807) is 0 Å². The first kappa shape index (κ1) is 8.40. The summed E-state index contributed by atoms with van der Waals surface area (Å²) in [6.07, 6.45) is 8.25. The van der Waals surface area contributed by atoms with E-state index >= 15 is 0 Å². The molecule has 0 aliphatic heterocycles. The number of aliphatic carboxylic acids is 1. The van der Waals surface area contributed by atoms with E-state index in [4.69, 9.17) is 5.11 Å². The summed E-state index contributed by atoms with van der Waals surface area (Å²) >= 11 is 1.38. The molecule has 1 rings (SSSR count). The van der Waals surface area contributed by atoms with Gasteiger partial charge in [-0.1, -0.05) is 18.2 Å². The average molecular weight is 170 g/mol. The maximum Gasteiger partial charge on any atom is 0.313 e. The molecular formula is C8H10O2S. The van der Waals surface area contributed by atoms with Crippen LogP contribution in [0.5, 0.6) is 0 Å². The second-order valence-electron chi connectivity index (χ2n) is 2.27. The Labute approximate surface area is 70.0 Å². The highest BCUT2D eigenvalue weighted by molar-refractivity contribution is 8.03. The third-order valence-corrected chi connectivity index (χ3v) is 2.35. The van der Waals surface area contributed by atoms with Gasteiger partial charge in [-0.2, -0.15) is 0 Å². The van der Waals surface area contributed by atoms with E-state index in [0.29, 0.717) is 0 Å². The van der Waals surface area contributed by atoms with Gasteiger partial charge in [0, 0.05) is 4.91 Å². The Morgan fingerprint density at radius 1 is 1.64 bits per heavy atom. The molecule has 0 heterocycles.